The molecule has 0 spiro atoms. The summed E-state index contributed by atoms with van der Waals surface area (Å²) in [6.07, 6.45) is 3.68. The standard InChI is InChI=1S/C11H19N3OS.2ClH/c1-3-5-10-14-8-9(16-10)11(15)13-7-6-12-4-2;;/h8,12H,3-7H2,1-2H3,(H,13,15);2*1H. The van der Waals surface area contributed by atoms with E-state index in [1.807, 2.05) is 6.92 Å². The largest absolute Gasteiger partial charge is 0.350 e. The predicted molar refractivity (Wildman–Crippen MR) is 81.5 cm³/mol. The Morgan fingerprint density at radius 3 is 2.67 bits per heavy atom. The number of carbonyl (C=O) groups is 1. The molecule has 0 radical (unpaired) electrons. The van der Waals surface area contributed by atoms with Gasteiger partial charge in [0.2, 0.25) is 0 Å². The van der Waals surface area contributed by atoms with Crippen LogP contribution in [0.1, 0.15) is 34.9 Å². The zero-order valence-electron chi connectivity index (χ0n) is 10.7. The number of nitrogens with one attached hydrogen (secondary N) is 2. The molecule has 1 amide bonds. The van der Waals surface area contributed by atoms with Crippen LogP contribution in [0.4, 0.5) is 0 Å². The Hall–Kier alpha value is -0.360. The fourth-order valence-corrected chi connectivity index (χ4v) is 2.21. The van der Waals surface area contributed by atoms with Crippen molar-refractivity contribution in [3.63, 3.8) is 0 Å². The molecule has 0 aromatic carbocycles. The number of hydrogen-bond donors (Lipinski definition) is 2. The number of carbonyl (C=O) groups excluding carboxylic acids is 1. The number of rotatable bonds is 7. The van der Waals surface area contributed by atoms with Gasteiger partial charge in [-0.25, -0.2) is 4.98 Å². The molecule has 0 aliphatic carbocycles. The number of aromatic nitrogens is 1. The molecule has 1 heterocycles. The first-order valence-corrected chi connectivity index (χ1v) is 6.53. The van der Waals surface area contributed by atoms with Gasteiger partial charge in [-0.3, -0.25) is 4.79 Å². The molecular formula is C11H21Cl2N3OS. The number of amides is 1. The molecule has 1 aromatic heterocycles. The summed E-state index contributed by atoms with van der Waals surface area (Å²) < 4.78 is 0. The van der Waals surface area contributed by atoms with Gasteiger partial charge in [-0.05, 0) is 19.4 Å². The molecule has 106 valence electrons. The van der Waals surface area contributed by atoms with Gasteiger partial charge in [0, 0.05) is 13.1 Å². The zero-order chi connectivity index (χ0) is 11.8. The van der Waals surface area contributed by atoms with Crippen molar-refractivity contribution < 1.29 is 4.79 Å². The number of halogens is 2. The minimum atomic E-state index is -0.0160. The van der Waals surface area contributed by atoms with Crippen LogP contribution in [-0.4, -0.2) is 30.5 Å². The van der Waals surface area contributed by atoms with E-state index in [4.69, 9.17) is 0 Å². The lowest BCUT2D eigenvalue weighted by atomic mass is 10.4. The summed E-state index contributed by atoms with van der Waals surface area (Å²) in [6.45, 7) is 6.55. The summed E-state index contributed by atoms with van der Waals surface area (Å²) >= 11 is 1.49. The fourth-order valence-electron chi connectivity index (χ4n) is 1.27. The van der Waals surface area contributed by atoms with Crippen LogP contribution in [0.3, 0.4) is 0 Å². The quantitative estimate of drug-likeness (QED) is 0.759. The highest BCUT2D eigenvalue weighted by molar-refractivity contribution is 7.13. The molecule has 0 saturated heterocycles. The van der Waals surface area contributed by atoms with Gasteiger partial charge in [-0.15, -0.1) is 36.2 Å². The molecule has 18 heavy (non-hydrogen) atoms. The van der Waals surface area contributed by atoms with Gasteiger partial charge < -0.3 is 10.6 Å². The van der Waals surface area contributed by atoms with Crippen LogP contribution in [0.2, 0.25) is 0 Å². The SMILES string of the molecule is CCCc1ncc(C(=O)NCCNCC)s1.Cl.Cl. The van der Waals surface area contributed by atoms with Crippen molar-refractivity contribution in [3.8, 4) is 0 Å². The zero-order valence-corrected chi connectivity index (χ0v) is 13.1. The third-order valence-electron chi connectivity index (χ3n) is 2.08. The van der Waals surface area contributed by atoms with Crippen LogP contribution >= 0.6 is 36.2 Å². The molecule has 0 aliphatic heterocycles. The van der Waals surface area contributed by atoms with Gasteiger partial charge in [-0.1, -0.05) is 13.8 Å². The van der Waals surface area contributed by atoms with Gasteiger partial charge in [-0.2, -0.15) is 0 Å². The fraction of sp³-hybridized carbons (Fsp3) is 0.636. The smallest absolute Gasteiger partial charge is 0.263 e. The number of thiazole rings is 1. The van der Waals surface area contributed by atoms with E-state index in [1.165, 1.54) is 11.3 Å². The molecule has 2 N–H and O–H groups in total. The highest BCUT2D eigenvalue weighted by Crippen LogP contribution is 2.14. The van der Waals surface area contributed by atoms with Crippen molar-refractivity contribution in [2.24, 2.45) is 0 Å². The van der Waals surface area contributed by atoms with Crippen LogP contribution in [0.5, 0.6) is 0 Å². The summed E-state index contributed by atoms with van der Waals surface area (Å²) in [5.74, 6) is -0.0160. The van der Waals surface area contributed by atoms with Crippen LogP contribution in [0.15, 0.2) is 6.20 Å². The molecular weight excluding hydrogens is 293 g/mol. The molecule has 7 heteroatoms. The minimum absolute atomic E-state index is 0. The Labute approximate surface area is 125 Å². The average Bonchev–Trinajstić information content (AvgIpc) is 2.73. The van der Waals surface area contributed by atoms with Gasteiger partial charge in [0.05, 0.1) is 11.2 Å². The van der Waals surface area contributed by atoms with E-state index >= 15 is 0 Å². The maximum atomic E-state index is 11.7. The van der Waals surface area contributed by atoms with Gasteiger partial charge in [0.1, 0.15) is 4.88 Å². The lowest BCUT2D eigenvalue weighted by Gasteiger charge is -2.02. The van der Waals surface area contributed by atoms with Gasteiger partial charge in [0.15, 0.2) is 0 Å². The summed E-state index contributed by atoms with van der Waals surface area (Å²) in [4.78, 5) is 16.6. The molecule has 0 fully saturated rings. The van der Waals surface area contributed by atoms with Crippen LogP contribution < -0.4 is 10.6 Å². The second kappa shape index (κ2) is 11.7. The summed E-state index contributed by atoms with van der Waals surface area (Å²) in [5, 5.41) is 7.05. The van der Waals surface area contributed by atoms with E-state index in [-0.39, 0.29) is 30.7 Å². The Balaban J connectivity index is 0. The number of aryl methyl sites for hydroxylation is 1. The first kappa shape index (κ1) is 20.0. The Bertz CT molecular complexity index is 334. The van der Waals surface area contributed by atoms with E-state index in [9.17, 15) is 4.79 Å². The van der Waals surface area contributed by atoms with Gasteiger partial charge >= 0.3 is 0 Å². The van der Waals surface area contributed by atoms with Gasteiger partial charge in [0.25, 0.3) is 5.91 Å². The second-order valence-electron chi connectivity index (χ2n) is 3.48. The molecule has 1 rings (SSSR count). The number of nitrogens with zero attached hydrogens (tertiary/aromatic N) is 1. The first-order valence-electron chi connectivity index (χ1n) is 5.71. The maximum Gasteiger partial charge on any atom is 0.263 e. The number of likely N-dealkylation sites (N-methyl/N-ethyl adjacent to an activating group) is 1. The third-order valence-corrected chi connectivity index (χ3v) is 3.13. The van der Waals surface area contributed by atoms with Crippen LogP contribution in [-0.2, 0) is 6.42 Å². The monoisotopic (exact) mass is 313 g/mol. The second-order valence-corrected chi connectivity index (χ2v) is 4.59. The molecule has 0 bridgehead atoms. The van der Waals surface area contributed by atoms with E-state index < -0.39 is 0 Å². The van der Waals surface area contributed by atoms with E-state index in [0.717, 1.165) is 30.9 Å². The highest BCUT2D eigenvalue weighted by atomic mass is 35.5. The predicted octanol–water partition coefficient (Wildman–Crippen LogP) is 2.28. The van der Waals surface area contributed by atoms with Crippen LogP contribution in [0.25, 0.3) is 0 Å². The average molecular weight is 314 g/mol. The molecule has 0 saturated carbocycles. The van der Waals surface area contributed by atoms with E-state index in [0.29, 0.717) is 11.4 Å². The van der Waals surface area contributed by atoms with Crippen molar-refractivity contribution in [2.45, 2.75) is 26.7 Å². The maximum absolute atomic E-state index is 11.7. The lowest BCUT2D eigenvalue weighted by molar-refractivity contribution is 0.0958. The van der Waals surface area contributed by atoms with E-state index in [2.05, 4.69) is 22.5 Å². The number of hydrogen-bond acceptors (Lipinski definition) is 4. The summed E-state index contributed by atoms with van der Waals surface area (Å²) in [5.41, 5.74) is 0. The van der Waals surface area contributed by atoms with Crippen molar-refractivity contribution in [1.29, 1.82) is 0 Å². The lowest BCUT2D eigenvalue weighted by Crippen LogP contribution is -2.31. The Morgan fingerprint density at radius 1 is 1.33 bits per heavy atom. The Kier molecular flexibility index (Phi) is 13.0. The van der Waals surface area contributed by atoms with Crippen LogP contribution in [0, 0.1) is 0 Å². The molecule has 0 aliphatic rings. The van der Waals surface area contributed by atoms with Crippen molar-refractivity contribution in [3.05, 3.63) is 16.1 Å². The molecule has 0 unspecified atom stereocenters. The molecule has 1 aromatic rings. The third kappa shape index (κ3) is 7.16. The topological polar surface area (TPSA) is 54.0 Å². The highest BCUT2D eigenvalue weighted by Gasteiger charge is 2.08. The molecule has 4 nitrogen and oxygen atoms in total. The van der Waals surface area contributed by atoms with E-state index in [1.54, 1.807) is 6.20 Å². The summed E-state index contributed by atoms with van der Waals surface area (Å²) in [6, 6.07) is 0. The van der Waals surface area contributed by atoms with Crippen molar-refractivity contribution in [1.82, 2.24) is 15.6 Å². The van der Waals surface area contributed by atoms with Crippen molar-refractivity contribution in [2.75, 3.05) is 19.6 Å². The molecule has 0 atom stereocenters. The summed E-state index contributed by atoms with van der Waals surface area (Å²) in [7, 11) is 0. The minimum Gasteiger partial charge on any atom is -0.350 e. The normalized spacial score (nSPS) is 9.22. The Morgan fingerprint density at radius 2 is 2.06 bits per heavy atom. The first-order chi connectivity index (χ1) is 7.77. The van der Waals surface area contributed by atoms with Crippen molar-refractivity contribution >= 4 is 42.1 Å².